The zero-order chi connectivity index (χ0) is 13.8. The predicted molar refractivity (Wildman–Crippen MR) is 76.9 cm³/mol. The van der Waals surface area contributed by atoms with Gasteiger partial charge in [0.15, 0.2) is 0 Å². The highest BCUT2D eigenvalue weighted by Gasteiger charge is 1.96. The van der Waals surface area contributed by atoms with Gasteiger partial charge in [-0.15, -0.1) is 0 Å². The van der Waals surface area contributed by atoms with Crippen LogP contribution in [0.25, 0.3) is 10.4 Å². The monoisotopic (exact) mass is 262 g/mol. The quantitative estimate of drug-likeness (QED) is 0.301. The summed E-state index contributed by atoms with van der Waals surface area (Å²) in [6.07, 6.45) is 5.44. The molecule has 0 spiro atoms. The highest BCUT2D eigenvalue weighted by Crippen LogP contribution is 2.13. The Balaban J connectivity index is 2.02. The number of hydrogen-bond acceptors (Lipinski definition) is 3. The van der Waals surface area contributed by atoms with Crippen molar-refractivity contribution in [3.8, 4) is 5.75 Å². The Morgan fingerprint density at radius 1 is 1.16 bits per heavy atom. The first-order valence-electron chi connectivity index (χ1n) is 6.79. The molecule has 0 saturated carbocycles. The minimum Gasteiger partial charge on any atom is -0.494 e. The maximum absolute atomic E-state index is 8.12. The lowest BCUT2D eigenvalue weighted by molar-refractivity contribution is 0.304. The summed E-state index contributed by atoms with van der Waals surface area (Å²) in [6, 6.07) is 7.91. The highest BCUT2D eigenvalue weighted by atomic mass is 16.5. The average molecular weight is 262 g/mol. The molecule has 1 aromatic rings. The molecule has 0 atom stereocenters. The Morgan fingerprint density at radius 2 is 1.95 bits per heavy atom. The van der Waals surface area contributed by atoms with Crippen molar-refractivity contribution in [1.29, 1.82) is 0 Å². The van der Waals surface area contributed by atoms with Gasteiger partial charge in [0.2, 0.25) is 0 Å². The summed E-state index contributed by atoms with van der Waals surface area (Å²) in [7, 11) is 0. The van der Waals surface area contributed by atoms with E-state index in [1.165, 1.54) is 0 Å². The molecule has 5 nitrogen and oxygen atoms in total. The third-order valence-corrected chi connectivity index (χ3v) is 2.87. The summed E-state index contributed by atoms with van der Waals surface area (Å²) in [5.74, 6) is 0.895. The summed E-state index contributed by atoms with van der Waals surface area (Å²) in [6.45, 7) is 1.89. The second-order valence-corrected chi connectivity index (χ2v) is 4.42. The van der Waals surface area contributed by atoms with Gasteiger partial charge in [0.25, 0.3) is 0 Å². The minimum atomic E-state index is 0.544. The number of rotatable bonds is 10. The third-order valence-electron chi connectivity index (χ3n) is 2.87. The Hall–Kier alpha value is -1.71. The van der Waals surface area contributed by atoms with E-state index in [1.54, 1.807) is 0 Å². The van der Waals surface area contributed by atoms with Crippen LogP contribution < -0.4 is 10.5 Å². The highest BCUT2D eigenvalue weighted by molar-refractivity contribution is 5.28. The normalized spacial score (nSPS) is 9.95. The van der Waals surface area contributed by atoms with Crippen molar-refractivity contribution < 1.29 is 4.74 Å². The van der Waals surface area contributed by atoms with Crippen molar-refractivity contribution in [1.82, 2.24) is 0 Å². The fourth-order valence-corrected chi connectivity index (χ4v) is 1.81. The van der Waals surface area contributed by atoms with Crippen LogP contribution in [0.3, 0.4) is 0 Å². The lowest BCUT2D eigenvalue weighted by atomic mass is 10.1. The van der Waals surface area contributed by atoms with Gasteiger partial charge in [0, 0.05) is 18.0 Å². The number of nitrogens with two attached hydrogens (primary N) is 1. The molecule has 1 rings (SSSR count). The van der Waals surface area contributed by atoms with E-state index in [0.717, 1.165) is 50.0 Å². The minimum absolute atomic E-state index is 0.544. The van der Waals surface area contributed by atoms with Gasteiger partial charge in [-0.05, 0) is 36.1 Å². The number of benzene rings is 1. The van der Waals surface area contributed by atoms with Gasteiger partial charge in [-0.3, -0.25) is 0 Å². The van der Waals surface area contributed by atoms with Crippen LogP contribution in [0, 0.1) is 0 Å². The number of unbranched alkanes of at least 4 members (excludes halogenated alkanes) is 4. The zero-order valence-corrected chi connectivity index (χ0v) is 11.3. The topological polar surface area (TPSA) is 84.0 Å². The van der Waals surface area contributed by atoms with Crippen LogP contribution in [0.2, 0.25) is 0 Å². The Labute approximate surface area is 114 Å². The Bertz CT molecular complexity index is 402. The second kappa shape index (κ2) is 10.2. The van der Waals surface area contributed by atoms with Crippen LogP contribution in [0.5, 0.6) is 5.75 Å². The lowest BCUT2D eigenvalue weighted by Gasteiger charge is -2.07. The van der Waals surface area contributed by atoms with Crippen molar-refractivity contribution >= 4 is 0 Å². The van der Waals surface area contributed by atoms with E-state index >= 15 is 0 Å². The van der Waals surface area contributed by atoms with Gasteiger partial charge in [-0.1, -0.05) is 36.5 Å². The lowest BCUT2D eigenvalue weighted by Crippen LogP contribution is -2.00. The fourth-order valence-electron chi connectivity index (χ4n) is 1.81. The van der Waals surface area contributed by atoms with Crippen molar-refractivity contribution in [2.45, 2.75) is 38.6 Å². The van der Waals surface area contributed by atoms with Gasteiger partial charge in [0.05, 0.1) is 6.61 Å². The van der Waals surface area contributed by atoms with Crippen LogP contribution >= 0.6 is 0 Å². The van der Waals surface area contributed by atoms with E-state index < -0.39 is 0 Å². The molecule has 5 heteroatoms. The van der Waals surface area contributed by atoms with Gasteiger partial charge < -0.3 is 10.5 Å². The maximum Gasteiger partial charge on any atom is 0.119 e. The molecule has 0 aromatic heterocycles. The van der Waals surface area contributed by atoms with Crippen molar-refractivity contribution in [2.24, 2.45) is 10.8 Å². The molecule has 0 aliphatic rings. The van der Waals surface area contributed by atoms with Gasteiger partial charge >= 0.3 is 0 Å². The number of nitrogens with zero attached hydrogens (tertiary/aromatic N) is 3. The summed E-state index contributed by atoms with van der Waals surface area (Å²) < 4.78 is 5.67. The maximum atomic E-state index is 8.12. The molecule has 0 unspecified atom stereocenters. The predicted octanol–water partition coefficient (Wildman–Crippen LogP) is 3.78. The first-order chi connectivity index (χ1) is 9.36. The van der Waals surface area contributed by atoms with Crippen molar-refractivity contribution in [3.05, 3.63) is 40.3 Å². The Morgan fingerprint density at radius 3 is 2.74 bits per heavy atom. The molecule has 0 aliphatic carbocycles. The summed E-state index contributed by atoms with van der Waals surface area (Å²) >= 11 is 0. The smallest absolute Gasteiger partial charge is 0.119 e. The van der Waals surface area contributed by atoms with Crippen LogP contribution in [-0.2, 0) is 6.54 Å². The first-order valence-corrected chi connectivity index (χ1v) is 6.79. The molecule has 0 aliphatic heterocycles. The zero-order valence-electron chi connectivity index (χ0n) is 11.3. The van der Waals surface area contributed by atoms with Crippen LogP contribution in [-0.4, -0.2) is 13.2 Å². The molecule has 1 aromatic carbocycles. The van der Waals surface area contributed by atoms with Gasteiger partial charge in [-0.2, -0.15) is 0 Å². The molecular weight excluding hydrogens is 240 g/mol. The standard InChI is InChI=1S/C14H22N4O/c15-12-13-7-6-8-14(11-13)19-10-5-3-1-2-4-9-17-18-16/h6-8,11H,1-5,9-10,12,15H2. The van der Waals surface area contributed by atoms with E-state index in [-0.39, 0.29) is 0 Å². The summed E-state index contributed by atoms with van der Waals surface area (Å²) in [5.41, 5.74) is 14.8. The molecular formula is C14H22N4O. The molecule has 0 fully saturated rings. The molecule has 104 valence electrons. The van der Waals surface area contributed by atoms with E-state index in [4.69, 9.17) is 16.0 Å². The number of ether oxygens (including phenoxy) is 1. The molecule has 0 bridgehead atoms. The van der Waals surface area contributed by atoms with E-state index in [1.807, 2.05) is 24.3 Å². The van der Waals surface area contributed by atoms with E-state index in [2.05, 4.69) is 10.0 Å². The molecule has 19 heavy (non-hydrogen) atoms. The van der Waals surface area contributed by atoms with Crippen LogP contribution in [0.15, 0.2) is 29.4 Å². The summed E-state index contributed by atoms with van der Waals surface area (Å²) in [4.78, 5) is 2.73. The number of hydrogen-bond donors (Lipinski definition) is 1. The van der Waals surface area contributed by atoms with Crippen LogP contribution in [0.1, 0.15) is 37.7 Å². The van der Waals surface area contributed by atoms with Crippen molar-refractivity contribution in [2.75, 3.05) is 13.2 Å². The number of azide groups is 1. The Kier molecular flexibility index (Phi) is 8.27. The van der Waals surface area contributed by atoms with Crippen LogP contribution in [0.4, 0.5) is 0 Å². The van der Waals surface area contributed by atoms with Gasteiger partial charge in [-0.25, -0.2) is 0 Å². The SMILES string of the molecule is [N-]=[N+]=NCCCCCCCOc1cccc(CN)c1. The summed E-state index contributed by atoms with van der Waals surface area (Å²) in [5, 5.41) is 3.51. The molecule has 0 amide bonds. The average Bonchev–Trinajstić information content (AvgIpc) is 2.46. The van der Waals surface area contributed by atoms with Crippen molar-refractivity contribution in [3.63, 3.8) is 0 Å². The van der Waals surface area contributed by atoms with E-state index in [0.29, 0.717) is 13.1 Å². The molecule has 0 radical (unpaired) electrons. The molecule has 0 saturated heterocycles. The third kappa shape index (κ3) is 7.34. The fraction of sp³-hybridized carbons (Fsp3) is 0.571. The first kappa shape index (κ1) is 15.3. The van der Waals surface area contributed by atoms with E-state index in [9.17, 15) is 0 Å². The molecule has 2 N–H and O–H groups in total. The largest absolute Gasteiger partial charge is 0.494 e. The molecule has 0 heterocycles. The van der Waals surface area contributed by atoms with Gasteiger partial charge in [0.1, 0.15) is 5.75 Å². The second-order valence-electron chi connectivity index (χ2n) is 4.42.